The van der Waals surface area contributed by atoms with E-state index in [2.05, 4.69) is 5.32 Å². The van der Waals surface area contributed by atoms with Gasteiger partial charge >= 0.3 is 0 Å². The van der Waals surface area contributed by atoms with Gasteiger partial charge in [-0.05, 0) is 42.3 Å². The van der Waals surface area contributed by atoms with Crippen LogP contribution in [0.25, 0.3) is 0 Å². The van der Waals surface area contributed by atoms with Crippen LogP contribution in [-0.4, -0.2) is 48.3 Å². The predicted octanol–water partition coefficient (Wildman–Crippen LogP) is 1.97. The van der Waals surface area contributed by atoms with Gasteiger partial charge in [0.15, 0.2) is 12.4 Å². The van der Waals surface area contributed by atoms with Gasteiger partial charge in [0.05, 0.1) is 5.56 Å². The van der Waals surface area contributed by atoms with Gasteiger partial charge in [-0.3, -0.25) is 14.4 Å². The number of nitrogens with one attached hydrogen (secondary N) is 1. The molecule has 2 aromatic rings. The molecular formula is C20H20N2O5. The van der Waals surface area contributed by atoms with Crippen LogP contribution >= 0.6 is 0 Å². The van der Waals surface area contributed by atoms with E-state index in [4.69, 9.17) is 4.74 Å². The first kappa shape index (κ1) is 18.4. The SMILES string of the molecule is CN(C)C(=O)COc1ccc(C(=O)c2cc3c(cc2O)NC(=O)CC3)cc1. The molecule has 2 amide bonds. The lowest BCUT2D eigenvalue weighted by Crippen LogP contribution is -2.27. The van der Waals surface area contributed by atoms with Crippen molar-refractivity contribution in [1.82, 2.24) is 4.90 Å². The minimum atomic E-state index is -0.330. The minimum Gasteiger partial charge on any atom is -0.507 e. The largest absolute Gasteiger partial charge is 0.507 e. The third kappa shape index (κ3) is 4.08. The summed E-state index contributed by atoms with van der Waals surface area (Å²) in [6.07, 6.45) is 0.873. The standard InChI is InChI=1S/C20H20N2O5/c1-22(2)19(25)11-27-14-6-3-12(4-7-14)20(26)15-9-13-5-8-18(24)21-16(13)10-17(15)23/h3-4,6-7,9-10,23H,5,8,11H2,1-2H3,(H,21,24). The number of carbonyl (C=O) groups is 3. The highest BCUT2D eigenvalue weighted by Gasteiger charge is 2.21. The number of hydrogen-bond acceptors (Lipinski definition) is 5. The van der Waals surface area contributed by atoms with Gasteiger partial charge in [0.1, 0.15) is 11.5 Å². The molecule has 0 spiro atoms. The number of amides is 2. The molecule has 2 aromatic carbocycles. The molecule has 3 rings (SSSR count). The summed E-state index contributed by atoms with van der Waals surface area (Å²) in [5.41, 5.74) is 1.92. The van der Waals surface area contributed by atoms with Crippen LogP contribution in [0, 0.1) is 0 Å². The van der Waals surface area contributed by atoms with Crippen molar-refractivity contribution in [2.75, 3.05) is 26.0 Å². The molecule has 7 nitrogen and oxygen atoms in total. The number of ether oxygens (including phenoxy) is 1. The quantitative estimate of drug-likeness (QED) is 0.787. The molecule has 0 atom stereocenters. The molecule has 0 aliphatic carbocycles. The first-order chi connectivity index (χ1) is 12.8. The van der Waals surface area contributed by atoms with Gasteiger partial charge in [0.2, 0.25) is 5.91 Å². The Morgan fingerprint density at radius 1 is 1.15 bits per heavy atom. The number of likely N-dealkylation sites (N-methyl/N-ethyl adjacent to an activating group) is 1. The van der Waals surface area contributed by atoms with E-state index < -0.39 is 0 Å². The minimum absolute atomic E-state index is 0.0857. The number of anilines is 1. The highest BCUT2D eigenvalue weighted by molar-refractivity contribution is 6.11. The van der Waals surface area contributed by atoms with Crippen molar-refractivity contribution in [2.45, 2.75) is 12.8 Å². The number of nitrogens with zero attached hydrogens (tertiary/aromatic N) is 1. The molecule has 140 valence electrons. The Bertz CT molecular complexity index is 903. The van der Waals surface area contributed by atoms with Gasteiger partial charge in [0.25, 0.3) is 5.91 Å². The number of phenols is 1. The number of aryl methyl sites for hydroxylation is 1. The Labute approximate surface area is 156 Å². The van der Waals surface area contributed by atoms with Crippen LogP contribution in [-0.2, 0) is 16.0 Å². The van der Waals surface area contributed by atoms with Gasteiger partial charge in [-0.25, -0.2) is 0 Å². The molecule has 0 unspecified atom stereocenters. The average molecular weight is 368 g/mol. The normalized spacial score (nSPS) is 12.7. The number of ketones is 1. The van der Waals surface area contributed by atoms with E-state index >= 15 is 0 Å². The lowest BCUT2D eigenvalue weighted by Gasteiger charge is -2.18. The smallest absolute Gasteiger partial charge is 0.259 e. The molecule has 1 aliphatic rings. The van der Waals surface area contributed by atoms with Crippen LogP contribution in [0.4, 0.5) is 5.69 Å². The summed E-state index contributed by atoms with van der Waals surface area (Å²) in [6.45, 7) is -0.0857. The molecule has 2 N–H and O–H groups in total. The van der Waals surface area contributed by atoms with Crippen LogP contribution < -0.4 is 10.1 Å². The zero-order valence-electron chi connectivity index (χ0n) is 15.1. The maximum Gasteiger partial charge on any atom is 0.259 e. The van der Waals surface area contributed by atoms with Crippen molar-refractivity contribution in [3.05, 3.63) is 53.1 Å². The summed E-state index contributed by atoms with van der Waals surface area (Å²) in [7, 11) is 3.29. The summed E-state index contributed by atoms with van der Waals surface area (Å²) in [6, 6.07) is 9.39. The van der Waals surface area contributed by atoms with Gasteiger partial charge in [-0.2, -0.15) is 0 Å². The van der Waals surface area contributed by atoms with Crippen molar-refractivity contribution in [1.29, 1.82) is 0 Å². The van der Waals surface area contributed by atoms with Crippen LogP contribution in [0.15, 0.2) is 36.4 Å². The van der Waals surface area contributed by atoms with E-state index in [0.29, 0.717) is 29.8 Å². The summed E-state index contributed by atoms with van der Waals surface area (Å²) < 4.78 is 5.39. The number of hydrogen-bond donors (Lipinski definition) is 2. The molecule has 1 heterocycles. The summed E-state index contributed by atoms with van der Waals surface area (Å²) in [5, 5.41) is 12.9. The monoisotopic (exact) mass is 368 g/mol. The third-order valence-electron chi connectivity index (χ3n) is 4.34. The maximum absolute atomic E-state index is 12.7. The fourth-order valence-electron chi connectivity index (χ4n) is 2.73. The van der Waals surface area contributed by atoms with Crippen LogP contribution in [0.3, 0.4) is 0 Å². The maximum atomic E-state index is 12.7. The van der Waals surface area contributed by atoms with Crippen molar-refractivity contribution < 1.29 is 24.2 Å². The van der Waals surface area contributed by atoms with E-state index in [1.165, 1.54) is 11.0 Å². The number of rotatable bonds is 5. The van der Waals surface area contributed by atoms with Gasteiger partial charge in [-0.15, -0.1) is 0 Å². The molecule has 0 aromatic heterocycles. The number of phenolic OH excluding ortho intramolecular Hbond substituents is 1. The molecule has 0 saturated carbocycles. The first-order valence-electron chi connectivity index (χ1n) is 8.48. The highest BCUT2D eigenvalue weighted by atomic mass is 16.5. The van der Waals surface area contributed by atoms with Crippen LogP contribution in [0.5, 0.6) is 11.5 Å². The highest BCUT2D eigenvalue weighted by Crippen LogP contribution is 2.31. The second kappa shape index (κ2) is 7.49. The van der Waals surface area contributed by atoms with Gasteiger partial charge in [-0.1, -0.05) is 0 Å². The van der Waals surface area contributed by atoms with Gasteiger partial charge in [0, 0.05) is 37.8 Å². The number of benzene rings is 2. The van der Waals surface area contributed by atoms with Crippen molar-refractivity contribution in [2.24, 2.45) is 0 Å². The average Bonchev–Trinajstić information content (AvgIpc) is 2.65. The molecule has 7 heteroatoms. The lowest BCUT2D eigenvalue weighted by atomic mass is 9.95. The summed E-state index contributed by atoms with van der Waals surface area (Å²) >= 11 is 0. The Kier molecular flexibility index (Phi) is 5.12. The number of carbonyl (C=O) groups excluding carboxylic acids is 3. The Hall–Kier alpha value is -3.35. The third-order valence-corrected chi connectivity index (χ3v) is 4.34. The van der Waals surface area contributed by atoms with E-state index in [0.717, 1.165) is 5.56 Å². The molecule has 0 bridgehead atoms. The number of aromatic hydroxyl groups is 1. The lowest BCUT2D eigenvalue weighted by molar-refractivity contribution is -0.130. The molecule has 0 radical (unpaired) electrons. The Balaban J connectivity index is 1.76. The zero-order valence-corrected chi connectivity index (χ0v) is 15.1. The zero-order chi connectivity index (χ0) is 19.6. The fourth-order valence-corrected chi connectivity index (χ4v) is 2.73. The van der Waals surface area contributed by atoms with E-state index in [1.54, 1.807) is 44.4 Å². The Morgan fingerprint density at radius 2 is 1.85 bits per heavy atom. The molecule has 0 saturated heterocycles. The Morgan fingerprint density at radius 3 is 2.52 bits per heavy atom. The number of fused-ring (bicyclic) bond motifs is 1. The van der Waals surface area contributed by atoms with E-state index in [9.17, 15) is 19.5 Å². The van der Waals surface area contributed by atoms with Crippen LogP contribution in [0.2, 0.25) is 0 Å². The fraction of sp³-hybridized carbons (Fsp3) is 0.250. The van der Waals surface area contributed by atoms with Crippen molar-refractivity contribution in [3.63, 3.8) is 0 Å². The summed E-state index contributed by atoms with van der Waals surface area (Å²) in [5.74, 6) is -0.314. The molecular weight excluding hydrogens is 348 g/mol. The predicted molar refractivity (Wildman–Crippen MR) is 99.1 cm³/mol. The molecule has 27 heavy (non-hydrogen) atoms. The van der Waals surface area contributed by atoms with Crippen molar-refractivity contribution >= 4 is 23.3 Å². The second-order valence-corrected chi connectivity index (χ2v) is 6.51. The van der Waals surface area contributed by atoms with Gasteiger partial charge < -0.3 is 20.1 Å². The van der Waals surface area contributed by atoms with Crippen LogP contribution in [0.1, 0.15) is 27.9 Å². The first-order valence-corrected chi connectivity index (χ1v) is 8.48. The van der Waals surface area contributed by atoms with E-state index in [-0.39, 0.29) is 35.5 Å². The van der Waals surface area contributed by atoms with Crippen molar-refractivity contribution in [3.8, 4) is 11.5 Å². The summed E-state index contributed by atoms with van der Waals surface area (Å²) in [4.78, 5) is 37.2. The second-order valence-electron chi connectivity index (χ2n) is 6.51. The molecule has 0 fully saturated rings. The molecule has 1 aliphatic heterocycles. The topological polar surface area (TPSA) is 95.9 Å². The van der Waals surface area contributed by atoms with E-state index in [1.807, 2.05) is 0 Å².